The van der Waals surface area contributed by atoms with Gasteiger partial charge < -0.3 is 0 Å². The normalized spacial score (nSPS) is 11.2. The molecule has 1 aromatic carbocycles. The minimum absolute atomic E-state index is 0.148. The average molecular weight is 290 g/mol. The predicted molar refractivity (Wildman–Crippen MR) is 64.5 cm³/mol. The fourth-order valence-corrected chi connectivity index (χ4v) is 2.10. The van der Waals surface area contributed by atoms with Gasteiger partial charge in [0, 0.05) is 12.1 Å². The molecule has 0 radical (unpaired) electrons. The van der Waals surface area contributed by atoms with Gasteiger partial charge in [0.2, 0.25) is 0 Å². The fourth-order valence-electron chi connectivity index (χ4n) is 1.59. The zero-order valence-electron chi connectivity index (χ0n) is 9.55. The number of rotatable bonds is 6. The Hall–Kier alpha value is -2.07. The van der Waals surface area contributed by atoms with Crippen molar-refractivity contribution < 1.29 is 22.8 Å². The highest BCUT2D eigenvalue weighted by molar-refractivity contribution is 7.85. The molecule has 1 N–H and O–H groups in total. The van der Waals surface area contributed by atoms with Crippen LogP contribution in [-0.2, 0) is 16.5 Å². The monoisotopic (exact) mass is 290 g/mol. The van der Waals surface area contributed by atoms with Crippen molar-refractivity contribution in [2.75, 3.05) is 5.75 Å². The number of nitro groups is 2. The number of hydrogen-bond acceptors (Lipinski definition) is 6. The molecule has 10 heteroatoms. The Morgan fingerprint density at radius 2 is 1.58 bits per heavy atom. The first-order valence-corrected chi connectivity index (χ1v) is 6.69. The first kappa shape index (κ1) is 15.0. The Balaban J connectivity index is 3.08. The lowest BCUT2D eigenvalue weighted by Crippen LogP contribution is -2.07. The zero-order chi connectivity index (χ0) is 14.6. The van der Waals surface area contributed by atoms with E-state index in [0.29, 0.717) is 0 Å². The van der Waals surface area contributed by atoms with Crippen LogP contribution in [0.5, 0.6) is 0 Å². The van der Waals surface area contributed by atoms with E-state index < -0.39 is 37.1 Å². The maximum Gasteiger partial charge on any atom is 0.279 e. The van der Waals surface area contributed by atoms with Gasteiger partial charge in [-0.3, -0.25) is 24.8 Å². The SMILES string of the molecule is O=[N+]([O-])c1cccc([N+](=O)[O-])c1CCCS(=O)(=O)O. The molecule has 0 aliphatic carbocycles. The first-order chi connectivity index (χ1) is 8.72. The first-order valence-electron chi connectivity index (χ1n) is 5.08. The highest BCUT2D eigenvalue weighted by Crippen LogP contribution is 2.29. The van der Waals surface area contributed by atoms with Crippen LogP contribution in [0.15, 0.2) is 18.2 Å². The molecule has 0 aliphatic heterocycles. The van der Waals surface area contributed by atoms with Crippen molar-refractivity contribution in [1.82, 2.24) is 0 Å². The summed E-state index contributed by atoms with van der Waals surface area (Å²) in [4.78, 5) is 20.0. The minimum atomic E-state index is -4.20. The van der Waals surface area contributed by atoms with E-state index in [9.17, 15) is 28.6 Å². The average Bonchev–Trinajstić information content (AvgIpc) is 2.26. The van der Waals surface area contributed by atoms with E-state index in [0.717, 1.165) is 12.1 Å². The van der Waals surface area contributed by atoms with Crippen LogP contribution in [0.3, 0.4) is 0 Å². The molecule has 0 saturated carbocycles. The van der Waals surface area contributed by atoms with Crippen LogP contribution in [0.4, 0.5) is 11.4 Å². The second-order valence-corrected chi connectivity index (χ2v) is 5.25. The molecule has 0 atom stereocenters. The topological polar surface area (TPSA) is 141 Å². The van der Waals surface area contributed by atoms with Crippen molar-refractivity contribution in [1.29, 1.82) is 0 Å². The largest absolute Gasteiger partial charge is 0.286 e. The van der Waals surface area contributed by atoms with Gasteiger partial charge in [0.05, 0.1) is 15.6 Å². The summed E-state index contributed by atoms with van der Waals surface area (Å²) in [6, 6.07) is 3.40. The molecule has 0 aromatic heterocycles. The van der Waals surface area contributed by atoms with Gasteiger partial charge in [-0.1, -0.05) is 0 Å². The fraction of sp³-hybridized carbons (Fsp3) is 0.333. The van der Waals surface area contributed by atoms with E-state index >= 15 is 0 Å². The summed E-state index contributed by atoms with van der Waals surface area (Å²) in [6.07, 6.45) is -0.336. The summed E-state index contributed by atoms with van der Waals surface area (Å²) >= 11 is 0. The van der Waals surface area contributed by atoms with Crippen molar-refractivity contribution in [2.24, 2.45) is 0 Å². The molecule has 1 rings (SSSR count). The van der Waals surface area contributed by atoms with Crippen LogP contribution in [-0.4, -0.2) is 28.6 Å². The summed E-state index contributed by atoms with van der Waals surface area (Å²) in [5.41, 5.74) is -1.03. The van der Waals surface area contributed by atoms with Gasteiger partial charge in [0.25, 0.3) is 21.5 Å². The Bertz CT molecular complexity index is 579. The second kappa shape index (κ2) is 5.71. The molecular weight excluding hydrogens is 280 g/mol. The Labute approximate surface area is 107 Å². The number of nitro benzene ring substituents is 2. The molecule has 0 spiro atoms. The van der Waals surface area contributed by atoms with Crippen LogP contribution in [0.1, 0.15) is 12.0 Å². The minimum Gasteiger partial charge on any atom is -0.286 e. The highest BCUT2D eigenvalue weighted by Gasteiger charge is 2.24. The molecule has 0 amide bonds. The van der Waals surface area contributed by atoms with Crippen molar-refractivity contribution in [3.8, 4) is 0 Å². The lowest BCUT2D eigenvalue weighted by molar-refractivity contribution is -0.395. The Morgan fingerprint density at radius 1 is 1.11 bits per heavy atom. The third-order valence-electron chi connectivity index (χ3n) is 2.35. The number of nitrogens with zero attached hydrogens (tertiary/aromatic N) is 2. The van der Waals surface area contributed by atoms with E-state index in [1.165, 1.54) is 6.07 Å². The third kappa shape index (κ3) is 4.26. The van der Waals surface area contributed by atoms with Gasteiger partial charge in [-0.05, 0) is 18.9 Å². The van der Waals surface area contributed by atoms with E-state index in [2.05, 4.69) is 0 Å². The molecule has 0 fully saturated rings. The second-order valence-electron chi connectivity index (χ2n) is 3.68. The molecule has 104 valence electrons. The molecule has 9 nitrogen and oxygen atoms in total. The summed E-state index contributed by atoms with van der Waals surface area (Å²) < 4.78 is 29.7. The predicted octanol–water partition coefficient (Wildman–Crippen LogP) is 1.32. The van der Waals surface area contributed by atoms with Crippen molar-refractivity contribution in [3.05, 3.63) is 44.0 Å². The van der Waals surface area contributed by atoms with E-state index in [1.54, 1.807) is 0 Å². The third-order valence-corrected chi connectivity index (χ3v) is 3.15. The van der Waals surface area contributed by atoms with Gasteiger partial charge in [0.15, 0.2) is 0 Å². The highest BCUT2D eigenvalue weighted by atomic mass is 32.2. The van der Waals surface area contributed by atoms with Crippen molar-refractivity contribution in [3.63, 3.8) is 0 Å². The molecule has 0 unspecified atom stereocenters. The smallest absolute Gasteiger partial charge is 0.279 e. The summed E-state index contributed by atoms with van der Waals surface area (Å²) in [5, 5.41) is 21.5. The summed E-state index contributed by atoms with van der Waals surface area (Å²) in [5.74, 6) is -0.615. The molecule has 0 aliphatic rings. The van der Waals surface area contributed by atoms with E-state index in [1.807, 2.05) is 0 Å². The molecular formula is C9H10N2O7S. The molecule has 19 heavy (non-hydrogen) atoms. The van der Waals surface area contributed by atoms with E-state index in [-0.39, 0.29) is 18.4 Å². The van der Waals surface area contributed by atoms with Gasteiger partial charge in [-0.25, -0.2) is 0 Å². The van der Waals surface area contributed by atoms with Crippen LogP contribution in [0.2, 0.25) is 0 Å². The zero-order valence-corrected chi connectivity index (χ0v) is 10.4. The standard InChI is InChI=1S/C9H10N2O7S/c12-10(13)8-4-1-5-9(11(14)15)7(8)3-2-6-19(16,17)18/h1,4-5H,2-3,6H2,(H,16,17,18). The lowest BCUT2D eigenvalue weighted by Gasteiger charge is -2.03. The van der Waals surface area contributed by atoms with Crippen LogP contribution < -0.4 is 0 Å². The Morgan fingerprint density at radius 3 is 1.95 bits per heavy atom. The molecule has 1 aromatic rings. The maximum absolute atomic E-state index is 10.8. The van der Waals surface area contributed by atoms with Crippen molar-refractivity contribution >= 4 is 21.5 Å². The van der Waals surface area contributed by atoms with Crippen LogP contribution >= 0.6 is 0 Å². The Kier molecular flexibility index (Phi) is 4.51. The summed E-state index contributed by atoms with van der Waals surface area (Å²) in [7, 11) is -4.20. The van der Waals surface area contributed by atoms with Gasteiger partial charge in [-0.2, -0.15) is 8.42 Å². The van der Waals surface area contributed by atoms with Gasteiger partial charge in [0.1, 0.15) is 5.56 Å². The van der Waals surface area contributed by atoms with Crippen LogP contribution in [0, 0.1) is 20.2 Å². The molecule has 0 heterocycles. The van der Waals surface area contributed by atoms with Gasteiger partial charge >= 0.3 is 0 Å². The van der Waals surface area contributed by atoms with Crippen LogP contribution in [0.25, 0.3) is 0 Å². The quantitative estimate of drug-likeness (QED) is 0.473. The lowest BCUT2D eigenvalue weighted by atomic mass is 10.1. The number of benzene rings is 1. The molecule has 0 bridgehead atoms. The van der Waals surface area contributed by atoms with E-state index in [4.69, 9.17) is 4.55 Å². The molecule has 0 saturated heterocycles. The van der Waals surface area contributed by atoms with Gasteiger partial charge in [-0.15, -0.1) is 0 Å². The number of hydrogen-bond donors (Lipinski definition) is 1. The maximum atomic E-state index is 10.8. The summed E-state index contributed by atoms with van der Waals surface area (Å²) in [6.45, 7) is 0. The van der Waals surface area contributed by atoms with Crippen molar-refractivity contribution in [2.45, 2.75) is 12.8 Å².